The minimum Gasteiger partial charge on any atom is -0.497 e. The van der Waals surface area contributed by atoms with Gasteiger partial charge in [0.2, 0.25) is 5.91 Å². The van der Waals surface area contributed by atoms with Crippen molar-refractivity contribution in [2.45, 2.75) is 12.3 Å². The van der Waals surface area contributed by atoms with E-state index in [9.17, 15) is 9.59 Å². The minimum absolute atomic E-state index is 0.299. The Kier molecular flexibility index (Phi) is 4.51. The number of rotatable bonds is 3. The van der Waals surface area contributed by atoms with Crippen molar-refractivity contribution >= 4 is 17.6 Å². The smallest absolute Gasteiger partial charge is 0.318 e. The summed E-state index contributed by atoms with van der Waals surface area (Å²) in [6.45, 7) is 0. The van der Waals surface area contributed by atoms with E-state index < -0.39 is 11.9 Å². The number of nitrogens with one attached hydrogen (secondary N) is 1. The van der Waals surface area contributed by atoms with Crippen molar-refractivity contribution in [2.24, 2.45) is 5.92 Å². The standard InChI is InChI=1S/C19H19NO4/c1-23-14-9-7-12(8-10-14)15-11-13-5-3-4-6-16(13)20-18(21)17(15)19(22)24-2/h3-10,15,17H,11H2,1-2H3,(H,20,21)/t15-,17-/m0/s1. The summed E-state index contributed by atoms with van der Waals surface area (Å²) in [4.78, 5) is 24.9. The maximum absolute atomic E-state index is 12.6. The molecule has 1 aliphatic heterocycles. The van der Waals surface area contributed by atoms with Crippen molar-refractivity contribution in [3.63, 3.8) is 0 Å². The number of para-hydroxylation sites is 1. The molecule has 1 aliphatic rings. The first-order valence-corrected chi connectivity index (χ1v) is 7.74. The van der Waals surface area contributed by atoms with Crippen molar-refractivity contribution in [1.29, 1.82) is 0 Å². The van der Waals surface area contributed by atoms with Gasteiger partial charge in [-0.25, -0.2) is 0 Å². The first kappa shape index (κ1) is 16.1. The molecule has 1 amide bonds. The highest BCUT2D eigenvalue weighted by Gasteiger charge is 2.39. The summed E-state index contributed by atoms with van der Waals surface area (Å²) < 4.78 is 10.1. The van der Waals surface area contributed by atoms with Crippen LogP contribution >= 0.6 is 0 Å². The molecule has 0 unspecified atom stereocenters. The van der Waals surface area contributed by atoms with E-state index in [0.717, 1.165) is 22.6 Å². The first-order chi connectivity index (χ1) is 11.6. The Morgan fingerprint density at radius 2 is 1.79 bits per heavy atom. The predicted octanol–water partition coefficient (Wildman–Crippen LogP) is 2.76. The maximum atomic E-state index is 12.6. The zero-order valence-corrected chi connectivity index (χ0v) is 13.6. The molecule has 0 saturated carbocycles. The fourth-order valence-electron chi connectivity index (χ4n) is 3.13. The van der Waals surface area contributed by atoms with Crippen LogP contribution in [0.1, 0.15) is 17.0 Å². The molecule has 1 heterocycles. The third-order valence-corrected chi connectivity index (χ3v) is 4.40. The largest absolute Gasteiger partial charge is 0.497 e. The lowest BCUT2D eigenvalue weighted by atomic mass is 9.82. The van der Waals surface area contributed by atoms with E-state index in [1.54, 1.807) is 7.11 Å². The van der Waals surface area contributed by atoms with Crippen molar-refractivity contribution in [1.82, 2.24) is 0 Å². The predicted molar refractivity (Wildman–Crippen MR) is 90.0 cm³/mol. The molecule has 0 aromatic heterocycles. The molecule has 5 nitrogen and oxygen atoms in total. The second-order valence-corrected chi connectivity index (χ2v) is 5.73. The van der Waals surface area contributed by atoms with Gasteiger partial charge in [-0.2, -0.15) is 0 Å². The molecule has 0 aliphatic carbocycles. The van der Waals surface area contributed by atoms with Gasteiger partial charge in [-0.15, -0.1) is 0 Å². The summed E-state index contributed by atoms with van der Waals surface area (Å²) in [7, 11) is 2.90. The molecule has 5 heteroatoms. The lowest BCUT2D eigenvalue weighted by Crippen LogP contribution is -2.34. The summed E-state index contributed by atoms with van der Waals surface area (Å²) in [6.07, 6.45) is 0.570. The highest BCUT2D eigenvalue weighted by molar-refractivity contribution is 6.06. The molecule has 1 N–H and O–H groups in total. The number of fused-ring (bicyclic) bond motifs is 1. The number of benzene rings is 2. The number of esters is 1. The highest BCUT2D eigenvalue weighted by Crippen LogP contribution is 2.36. The minimum atomic E-state index is -0.893. The average Bonchev–Trinajstić information content (AvgIpc) is 2.77. The lowest BCUT2D eigenvalue weighted by molar-refractivity contribution is -0.149. The van der Waals surface area contributed by atoms with E-state index in [1.165, 1.54) is 7.11 Å². The topological polar surface area (TPSA) is 64.6 Å². The summed E-state index contributed by atoms with van der Waals surface area (Å²) in [5.41, 5.74) is 2.64. The SMILES string of the molecule is COC(=O)[C@@H]1C(=O)Nc2ccccc2C[C@H]1c1ccc(OC)cc1. The molecule has 0 fully saturated rings. The van der Waals surface area contributed by atoms with Crippen molar-refractivity contribution in [3.05, 3.63) is 59.7 Å². The monoisotopic (exact) mass is 325 g/mol. The number of ether oxygens (including phenoxy) is 2. The van der Waals surface area contributed by atoms with Crippen LogP contribution in [-0.4, -0.2) is 26.1 Å². The molecule has 2 aromatic rings. The molecule has 3 rings (SSSR count). The van der Waals surface area contributed by atoms with Gasteiger partial charge in [-0.3, -0.25) is 9.59 Å². The molecular weight excluding hydrogens is 306 g/mol. The van der Waals surface area contributed by atoms with Crippen molar-refractivity contribution < 1.29 is 19.1 Å². The van der Waals surface area contributed by atoms with E-state index in [-0.39, 0.29) is 11.8 Å². The summed E-state index contributed by atoms with van der Waals surface area (Å²) in [5, 5.41) is 2.85. The zero-order valence-electron chi connectivity index (χ0n) is 13.6. The molecule has 24 heavy (non-hydrogen) atoms. The molecule has 2 aromatic carbocycles. The van der Waals surface area contributed by atoms with E-state index in [4.69, 9.17) is 9.47 Å². The van der Waals surface area contributed by atoms with Crippen LogP contribution in [-0.2, 0) is 20.7 Å². The molecule has 0 radical (unpaired) electrons. The third kappa shape index (κ3) is 2.97. The van der Waals surface area contributed by atoms with E-state index in [2.05, 4.69) is 5.32 Å². The van der Waals surface area contributed by atoms with Gasteiger partial charge < -0.3 is 14.8 Å². The summed E-state index contributed by atoms with van der Waals surface area (Å²) in [6, 6.07) is 15.0. The Bertz CT molecular complexity index is 754. The molecule has 0 spiro atoms. The molecule has 2 atom stereocenters. The van der Waals surface area contributed by atoms with Crippen molar-refractivity contribution in [3.8, 4) is 5.75 Å². The number of amides is 1. The van der Waals surface area contributed by atoms with Gasteiger partial charge in [-0.1, -0.05) is 30.3 Å². The van der Waals surface area contributed by atoms with Crippen LogP contribution in [0.5, 0.6) is 5.75 Å². The zero-order chi connectivity index (χ0) is 17.1. The molecule has 0 bridgehead atoms. The first-order valence-electron chi connectivity index (χ1n) is 7.74. The maximum Gasteiger partial charge on any atom is 0.318 e. The summed E-state index contributed by atoms with van der Waals surface area (Å²) >= 11 is 0. The van der Waals surface area contributed by atoms with Crippen LogP contribution in [0.2, 0.25) is 0 Å². The fourth-order valence-corrected chi connectivity index (χ4v) is 3.13. The van der Waals surface area contributed by atoms with Gasteiger partial charge in [0.05, 0.1) is 14.2 Å². The molecule has 124 valence electrons. The Balaban J connectivity index is 2.06. The van der Waals surface area contributed by atoms with Gasteiger partial charge in [0.1, 0.15) is 11.7 Å². The highest BCUT2D eigenvalue weighted by atomic mass is 16.5. The second-order valence-electron chi connectivity index (χ2n) is 5.73. The second kappa shape index (κ2) is 6.74. The average molecular weight is 325 g/mol. The van der Waals surface area contributed by atoms with Gasteiger partial charge in [0.15, 0.2) is 0 Å². The van der Waals surface area contributed by atoms with Crippen molar-refractivity contribution in [2.75, 3.05) is 19.5 Å². The van der Waals surface area contributed by atoms with Crippen LogP contribution in [0, 0.1) is 5.92 Å². The summed E-state index contributed by atoms with van der Waals surface area (Å²) in [5.74, 6) is -1.33. The van der Waals surface area contributed by atoms with E-state index >= 15 is 0 Å². The molecule has 0 saturated heterocycles. The normalized spacial score (nSPS) is 19.7. The van der Waals surface area contributed by atoms with Gasteiger partial charge >= 0.3 is 5.97 Å². The van der Waals surface area contributed by atoms with Crippen LogP contribution in [0.4, 0.5) is 5.69 Å². The van der Waals surface area contributed by atoms with E-state index in [1.807, 2.05) is 48.5 Å². The van der Waals surface area contributed by atoms with Crippen LogP contribution < -0.4 is 10.1 Å². The van der Waals surface area contributed by atoms with Crippen LogP contribution in [0.3, 0.4) is 0 Å². The number of carbonyl (C=O) groups excluding carboxylic acids is 2. The lowest BCUT2D eigenvalue weighted by Gasteiger charge is -2.22. The van der Waals surface area contributed by atoms with Gasteiger partial charge in [0, 0.05) is 11.6 Å². The van der Waals surface area contributed by atoms with Crippen LogP contribution in [0.15, 0.2) is 48.5 Å². The quantitative estimate of drug-likeness (QED) is 0.696. The Hall–Kier alpha value is -2.82. The third-order valence-electron chi connectivity index (χ3n) is 4.40. The molecular formula is C19H19NO4. The fraction of sp³-hybridized carbons (Fsp3) is 0.263. The Morgan fingerprint density at radius 3 is 2.46 bits per heavy atom. The number of hydrogen-bond acceptors (Lipinski definition) is 4. The number of anilines is 1. The Morgan fingerprint density at radius 1 is 1.08 bits per heavy atom. The van der Waals surface area contributed by atoms with Gasteiger partial charge in [-0.05, 0) is 35.7 Å². The van der Waals surface area contributed by atoms with E-state index in [0.29, 0.717) is 6.42 Å². The Labute approximate surface area is 140 Å². The van der Waals surface area contributed by atoms with Gasteiger partial charge in [0.25, 0.3) is 0 Å². The number of methoxy groups -OCH3 is 2. The van der Waals surface area contributed by atoms with Crippen LogP contribution in [0.25, 0.3) is 0 Å². The number of hydrogen-bond donors (Lipinski definition) is 1. The number of carbonyl (C=O) groups is 2.